The standard InChI is InChI=1S/C22H22/c1-14(2)16-10-7-11-19-20(16)18-13-12-15-8-5-6-9-17(15)21(18)22(19,3)4/h5-14H,1-4H3. The van der Waals surface area contributed by atoms with Gasteiger partial charge in [-0.1, -0.05) is 82.3 Å². The van der Waals surface area contributed by atoms with E-state index in [1.54, 1.807) is 0 Å². The molecule has 0 nitrogen and oxygen atoms in total. The molecule has 0 heteroatoms. The molecule has 0 unspecified atom stereocenters. The maximum absolute atomic E-state index is 2.37. The molecule has 3 aromatic carbocycles. The van der Waals surface area contributed by atoms with E-state index in [2.05, 4.69) is 82.3 Å². The summed E-state index contributed by atoms with van der Waals surface area (Å²) in [5.74, 6) is 0.545. The quantitative estimate of drug-likeness (QED) is 0.494. The molecule has 3 aromatic rings. The summed E-state index contributed by atoms with van der Waals surface area (Å²) in [5.41, 5.74) is 7.42. The molecule has 0 saturated heterocycles. The van der Waals surface area contributed by atoms with Crippen LogP contribution in [0.3, 0.4) is 0 Å². The maximum Gasteiger partial charge on any atom is 0.0165 e. The van der Waals surface area contributed by atoms with E-state index in [9.17, 15) is 0 Å². The van der Waals surface area contributed by atoms with Gasteiger partial charge >= 0.3 is 0 Å². The Balaban J connectivity index is 2.17. The lowest BCUT2D eigenvalue weighted by atomic mass is 9.80. The summed E-state index contributed by atoms with van der Waals surface area (Å²) < 4.78 is 0. The molecule has 22 heavy (non-hydrogen) atoms. The summed E-state index contributed by atoms with van der Waals surface area (Å²) in [6, 6.07) is 20.2. The largest absolute Gasteiger partial charge is 0.0616 e. The van der Waals surface area contributed by atoms with Gasteiger partial charge in [-0.05, 0) is 44.5 Å². The molecule has 0 spiro atoms. The number of benzene rings is 3. The maximum atomic E-state index is 2.37. The van der Waals surface area contributed by atoms with Crippen molar-refractivity contribution >= 4 is 10.8 Å². The van der Waals surface area contributed by atoms with Crippen molar-refractivity contribution in [1.82, 2.24) is 0 Å². The van der Waals surface area contributed by atoms with E-state index in [4.69, 9.17) is 0 Å². The average Bonchev–Trinajstić information content (AvgIpc) is 2.76. The summed E-state index contributed by atoms with van der Waals surface area (Å²) in [5, 5.41) is 2.74. The molecular weight excluding hydrogens is 264 g/mol. The van der Waals surface area contributed by atoms with Gasteiger partial charge in [0, 0.05) is 5.41 Å². The van der Waals surface area contributed by atoms with Gasteiger partial charge in [-0.25, -0.2) is 0 Å². The molecule has 0 bridgehead atoms. The van der Waals surface area contributed by atoms with Crippen molar-refractivity contribution in [2.24, 2.45) is 0 Å². The molecule has 110 valence electrons. The van der Waals surface area contributed by atoms with Crippen LogP contribution in [-0.2, 0) is 5.41 Å². The van der Waals surface area contributed by atoms with Crippen LogP contribution in [0.2, 0.25) is 0 Å². The third-order valence-electron chi connectivity index (χ3n) is 5.22. The zero-order chi connectivity index (χ0) is 15.5. The zero-order valence-corrected chi connectivity index (χ0v) is 13.8. The van der Waals surface area contributed by atoms with Crippen molar-refractivity contribution in [1.29, 1.82) is 0 Å². The summed E-state index contributed by atoms with van der Waals surface area (Å²) in [7, 11) is 0. The molecule has 0 fully saturated rings. The molecular formula is C22H22. The summed E-state index contributed by atoms with van der Waals surface area (Å²) >= 11 is 0. The number of hydrogen-bond acceptors (Lipinski definition) is 0. The SMILES string of the molecule is CC(C)c1cccc2c1-c1ccc3ccccc3c1C2(C)C. The Hall–Kier alpha value is -2.08. The summed E-state index contributed by atoms with van der Waals surface area (Å²) in [4.78, 5) is 0. The Morgan fingerprint density at radius 3 is 2.36 bits per heavy atom. The van der Waals surface area contributed by atoms with E-state index in [0.717, 1.165) is 0 Å². The molecule has 0 aromatic heterocycles. The fourth-order valence-corrected chi connectivity index (χ4v) is 4.16. The van der Waals surface area contributed by atoms with Gasteiger partial charge in [0.15, 0.2) is 0 Å². The van der Waals surface area contributed by atoms with E-state index < -0.39 is 0 Å². The topological polar surface area (TPSA) is 0 Å². The van der Waals surface area contributed by atoms with Gasteiger partial charge < -0.3 is 0 Å². The molecule has 0 atom stereocenters. The first-order valence-corrected chi connectivity index (χ1v) is 8.18. The average molecular weight is 286 g/mol. The number of rotatable bonds is 1. The van der Waals surface area contributed by atoms with Crippen LogP contribution in [-0.4, -0.2) is 0 Å². The third kappa shape index (κ3) is 1.64. The predicted molar refractivity (Wildman–Crippen MR) is 95.6 cm³/mol. The molecule has 0 heterocycles. The Morgan fingerprint density at radius 2 is 1.59 bits per heavy atom. The van der Waals surface area contributed by atoms with Crippen LogP contribution in [0.25, 0.3) is 21.9 Å². The van der Waals surface area contributed by atoms with E-state index in [1.807, 2.05) is 0 Å². The second-order valence-corrected chi connectivity index (χ2v) is 7.26. The highest BCUT2D eigenvalue weighted by atomic mass is 14.4. The fraction of sp³-hybridized carbons (Fsp3) is 0.273. The summed E-state index contributed by atoms with van der Waals surface area (Å²) in [6.07, 6.45) is 0. The van der Waals surface area contributed by atoms with Gasteiger partial charge in [-0.15, -0.1) is 0 Å². The fourth-order valence-electron chi connectivity index (χ4n) is 4.16. The van der Waals surface area contributed by atoms with Gasteiger partial charge in [0.05, 0.1) is 0 Å². The van der Waals surface area contributed by atoms with Crippen LogP contribution in [0.1, 0.15) is 50.3 Å². The monoisotopic (exact) mass is 286 g/mol. The lowest BCUT2D eigenvalue weighted by Gasteiger charge is -2.23. The minimum Gasteiger partial charge on any atom is -0.0616 e. The third-order valence-corrected chi connectivity index (χ3v) is 5.22. The van der Waals surface area contributed by atoms with Crippen molar-refractivity contribution < 1.29 is 0 Å². The molecule has 0 amide bonds. The number of fused-ring (bicyclic) bond motifs is 5. The molecule has 0 aliphatic heterocycles. The van der Waals surface area contributed by atoms with Crippen LogP contribution in [0.4, 0.5) is 0 Å². The van der Waals surface area contributed by atoms with Crippen molar-refractivity contribution in [3.8, 4) is 11.1 Å². The lowest BCUT2D eigenvalue weighted by molar-refractivity contribution is 0.665. The van der Waals surface area contributed by atoms with Gasteiger partial charge in [0.25, 0.3) is 0 Å². The van der Waals surface area contributed by atoms with Crippen molar-refractivity contribution in [2.45, 2.75) is 39.0 Å². The second-order valence-electron chi connectivity index (χ2n) is 7.26. The Morgan fingerprint density at radius 1 is 0.818 bits per heavy atom. The minimum atomic E-state index is 0.0659. The molecule has 4 rings (SSSR count). The molecule has 1 aliphatic carbocycles. The van der Waals surface area contributed by atoms with Crippen molar-refractivity contribution in [3.63, 3.8) is 0 Å². The Labute approximate surface area is 132 Å². The highest BCUT2D eigenvalue weighted by Gasteiger charge is 2.38. The van der Waals surface area contributed by atoms with Crippen molar-refractivity contribution in [2.75, 3.05) is 0 Å². The normalized spacial score (nSPS) is 15.1. The highest BCUT2D eigenvalue weighted by molar-refractivity contribution is 5.98. The van der Waals surface area contributed by atoms with E-state index in [-0.39, 0.29) is 5.41 Å². The lowest BCUT2D eigenvalue weighted by Crippen LogP contribution is -2.15. The van der Waals surface area contributed by atoms with Crippen LogP contribution in [0, 0.1) is 0 Å². The van der Waals surface area contributed by atoms with Crippen LogP contribution in [0.15, 0.2) is 54.6 Å². The van der Waals surface area contributed by atoms with Gasteiger partial charge in [0.1, 0.15) is 0 Å². The van der Waals surface area contributed by atoms with Gasteiger partial charge in [0.2, 0.25) is 0 Å². The Bertz CT molecular complexity index is 882. The van der Waals surface area contributed by atoms with Crippen molar-refractivity contribution in [3.05, 3.63) is 71.3 Å². The minimum absolute atomic E-state index is 0.0659. The zero-order valence-electron chi connectivity index (χ0n) is 13.8. The van der Waals surface area contributed by atoms with E-state index in [1.165, 1.54) is 38.6 Å². The van der Waals surface area contributed by atoms with E-state index in [0.29, 0.717) is 5.92 Å². The second kappa shape index (κ2) is 4.46. The van der Waals surface area contributed by atoms with Crippen LogP contribution < -0.4 is 0 Å². The molecule has 0 saturated carbocycles. The molecule has 0 radical (unpaired) electrons. The highest BCUT2D eigenvalue weighted by Crippen LogP contribution is 2.53. The van der Waals surface area contributed by atoms with Gasteiger partial charge in [-0.2, -0.15) is 0 Å². The number of hydrogen-bond donors (Lipinski definition) is 0. The first-order chi connectivity index (χ1) is 10.5. The predicted octanol–water partition coefficient (Wildman–Crippen LogP) is 6.27. The Kier molecular flexibility index (Phi) is 2.75. The first kappa shape index (κ1) is 13.6. The van der Waals surface area contributed by atoms with E-state index >= 15 is 0 Å². The van der Waals surface area contributed by atoms with Crippen LogP contribution in [0.5, 0.6) is 0 Å². The first-order valence-electron chi connectivity index (χ1n) is 8.18. The summed E-state index contributed by atoms with van der Waals surface area (Å²) in [6.45, 7) is 9.33. The molecule has 0 N–H and O–H groups in total. The molecule has 1 aliphatic rings. The van der Waals surface area contributed by atoms with Gasteiger partial charge in [-0.3, -0.25) is 0 Å². The smallest absolute Gasteiger partial charge is 0.0165 e. The van der Waals surface area contributed by atoms with Crippen LogP contribution >= 0.6 is 0 Å².